The van der Waals surface area contributed by atoms with Crippen molar-refractivity contribution in [1.82, 2.24) is 20.3 Å². The normalized spacial score (nSPS) is 10.7. The summed E-state index contributed by atoms with van der Waals surface area (Å²) < 4.78 is 0. The number of fused-ring (bicyclic) bond motifs is 1. The van der Waals surface area contributed by atoms with E-state index in [9.17, 15) is 9.59 Å². The lowest BCUT2D eigenvalue weighted by Crippen LogP contribution is -2.25. The fraction of sp³-hybridized carbons (Fsp3) is 0.222. The summed E-state index contributed by atoms with van der Waals surface area (Å²) in [5.74, 6) is 0.345. The molecule has 1 aromatic carbocycles. The van der Waals surface area contributed by atoms with Crippen LogP contribution < -0.4 is 10.9 Å². The fourth-order valence-corrected chi connectivity index (χ4v) is 2.47. The molecule has 0 unspecified atom stereocenters. The van der Waals surface area contributed by atoms with E-state index in [1.54, 1.807) is 18.3 Å². The first-order chi connectivity index (χ1) is 11.7. The number of benzene rings is 1. The first-order valence-corrected chi connectivity index (χ1v) is 7.87. The number of aromatic nitrogens is 3. The molecule has 122 valence electrons. The van der Waals surface area contributed by atoms with Gasteiger partial charge in [-0.15, -0.1) is 0 Å². The Bertz CT molecular complexity index is 890. The Labute approximate surface area is 139 Å². The molecule has 0 aliphatic heterocycles. The lowest BCUT2D eigenvalue weighted by atomic mass is 10.1. The molecule has 0 bridgehead atoms. The van der Waals surface area contributed by atoms with E-state index >= 15 is 0 Å². The van der Waals surface area contributed by atoms with Crippen molar-refractivity contribution in [3.05, 3.63) is 70.4 Å². The fourth-order valence-electron chi connectivity index (χ4n) is 2.47. The monoisotopic (exact) mass is 322 g/mol. The minimum atomic E-state index is -0.249. The topological polar surface area (TPSA) is 87.7 Å². The number of H-pyrrole nitrogens is 1. The molecule has 0 radical (unpaired) electrons. The quantitative estimate of drug-likeness (QED) is 0.726. The van der Waals surface area contributed by atoms with Crippen molar-refractivity contribution in [2.24, 2.45) is 0 Å². The van der Waals surface area contributed by atoms with Gasteiger partial charge in [-0.05, 0) is 30.5 Å². The minimum absolute atomic E-state index is 0.0605. The molecule has 24 heavy (non-hydrogen) atoms. The van der Waals surface area contributed by atoms with Crippen LogP contribution in [0.2, 0.25) is 0 Å². The van der Waals surface area contributed by atoms with Gasteiger partial charge in [0.15, 0.2) is 5.65 Å². The number of pyridine rings is 1. The summed E-state index contributed by atoms with van der Waals surface area (Å²) in [5.41, 5.74) is 1.35. The number of amides is 1. The maximum atomic E-state index is 11.9. The lowest BCUT2D eigenvalue weighted by Gasteiger charge is -2.06. The zero-order valence-corrected chi connectivity index (χ0v) is 13.2. The number of hydrogen-bond donors (Lipinski definition) is 2. The van der Waals surface area contributed by atoms with Gasteiger partial charge in [0.25, 0.3) is 5.56 Å². The summed E-state index contributed by atoms with van der Waals surface area (Å²) in [6.07, 6.45) is 3.66. The zero-order valence-electron chi connectivity index (χ0n) is 13.2. The number of carbonyl (C=O) groups is 1. The summed E-state index contributed by atoms with van der Waals surface area (Å²) in [5, 5.41) is 3.22. The predicted molar refractivity (Wildman–Crippen MR) is 91.4 cm³/mol. The number of carbonyl (C=O) groups excluding carboxylic acids is 1. The van der Waals surface area contributed by atoms with E-state index in [1.807, 2.05) is 18.2 Å². The molecular weight excluding hydrogens is 304 g/mol. The van der Waals surface area contributed by atoms with E-state index in [0.717, 1.165) is 12.8 Å². The van der Waals surface area contributed by atoms with Crippen LogP contribution in [-0.2, 0) is 17.8 Å². The molecule has 6 heteroatoms. The Morgan fingerprint density at radius 3 is 2.79 bits per heavy atom. The molecule has 2 aromatic heterocycles. The highest BCUT2D eigenvalue weighted by atomic mass is 16.1. The van der Waals surface area contributed by atoms with E-state index in [4.69, 9.17) is 0 Å². The summed E-state index contributed by atoms with van der Waals surface area (Å²) in [7, 11) is 0. The van der Waals surface area contributed by atoms with Crippen molar-refractivity contribution in [3.8, 4) is 0 Å². The Hall–Kier alpha value is -3.02. The first kappa shape index (κ1) is 15.9. The van der Waals surface area contributed by atoms with Gasteiger partial charge in [-0.25, -0.2) is 9.97 Å². The Kier molecular flexibility index (Phi) is 4.96. The number of aryl methyl sites for hydroxylation is 1. The molecule has 3 rings (SSSR count). The average Bonchev–Trinajstić information content (AvgIpc) is 2.61. The van der Waals surface area contributed by atoms with Gasteiger partial charge in [0, 0.05) is 12.6 Å². The van der Waals surface area contributed by atoms with Gasteiger partial charge in [-0.3, -0.25) is 9.59 Å². The average molecular weight is 322 g/mol. The number of aromatic amines is 1. The van der Waals surface area contributed by atoms with E-state index in [2.05, 4.69) is 32.4 Å². The largest absolute Gasteiger partial charge is 0.349 e. The third-order valence-corrected chi connectivity index (χ3v) is 3.70. The second kappa shape index (κ2) is 7.50. The molecule has 0 atom stereocenters. The summed E-state index contributed by atoms with van der Waals surface area (Å²) in [6, 6.07) is 13.4. The number of nitrogens with one attached hydrogen (secondary N) is 2. The Morgan fingerprint density at radius 1 is 1.12 bits per heavy atom. The number of nitrogens with zero attached hydrogens (tertiary/aromatic N) is 2. The van der Waals surface area contributed by atoms with Gasteiger partial charge < -0.3 is 10.3 Å². The van der Waals surface area contributed by atoms with Gasteiger partial charge in [0.2, 0.25) is 5.91 Å². The van der Waals surface area contributed by atoms with Crippen LogP contribution in [0.4, 0.5) is 0 Å². The maximum Gasteiger partial charge on any atom is 0.260 e. The smallest absolute Gasteiger partial charge is 0.260 e. The molecule has 0 spiro atoms. The second-order valence-corrected chi connectivity index (χ2v) is 5.50. The van der Waals surface area contributed by atoms with Crippen LogP contribution in [0, 0.1) is 0 Å². The molecule has 0 aliphatic carbocycles. The van der Waals surface area contributed by atoms with Crippen molar-refractivity contribution < 1.29 is 4.79 Å². The van der Waals surface area contributed by atoms with Gasteiger partial charge in [-0.1, -0.05) is 30.3 Å². The highest BCUT2D eigenvalue weighted by molar-refractivity contribution is 5.76. The third-order valence-electron chi connectivity index (χ3n) is 3.70. The van der Waals surface area contributed by atoms with Gasteiger partial charge in [-0.2, -0.15) is 0 Å². The highest BCUT2D eigenvalue weighted by Gasteiger charge is 2.06. The molecule has 6 nitrogen and oxygen atoms in total. The number of hydrogen-bond acceptors (Lipinski definition) is 4. The van der Waals surface area contributed by atoms with Crippen LogP contribution >= 0.6 is 0 Å². The van der Waals surface area contributed by atoms with E-state index in [-0.39, 0.29) is 18.0 Å². The van der Waals surface area contributed by atoms with E-state index in [0.29, 0.717) is 23.3 Å². The standard InChI is InChI=1S/C18H18N4O2/c23-16(10-4-8-13-6-2-1-3-7-13)20-12-15-21-17-14(18(24)22-15)9-5-11-19-17/h1-3,5-7,9,11H,4,8,10,12H2,(H,20,23)(H,19,21,22,24). The van der Waals surface area contributed by atoms with E-state index < -0.39 is 0 Å². The van der Waals surface area contributed by atoms with Crippen molar-refractivity contribution in [3.63, 3.8) is 0 Å². The highest BCUT2D eigenvalue weighted by Crippen LogP contribution is 2.05. The van der Waals surface area contributed by atoms with Crippen LogP contribution in [0.5, 0.6) is 0 Å². The van der Waals surface area contributed by atoms with Crippen LogP contribution in [0.1, 0.15) is 24.2 Å². The maximum absolute atomic E-state index is 11.9. The molecule has 0 saturated heterocycles. The van der Waals surface area contributed by atoms with Crippen molar-refractivity contribution in [1.29, 1.82) is 0 Å². The van der Waals surface area contributed by atoms with Gasteiger partial charge in [0.1, 0.15) is 5.82 Å². The molecular formula is C18H18N4O2. The molecule has 0 aliphatic rings. The summed E-state index contributed by atoms with van der Waals surface area (Å²) in [6.45, 7) is 0.186. The summed E-state index contributed by atoms with van der Waals surface area (Å²) >= 11 is 0. The van der Waals surface area contributed by atoms with Crippen molar-refractivity contribution in [2.45, 2.75) is 25.8 Å². The summed E-state index contributed by atoms with van der Waals surface area (Å²) in [4.78, 5) is 34.8. The van der Waals surface area contributed by atoms with E-state index in [1.165, 1.54) is 5.56 Å². The predicted octanol–water partition coefficient (Wildman–Crippen LogP) is 1.96. The third kappa shape index (κ3) is 4.04. The van der Waals surface area contributed by atoms with Crippen LogP contribution in [0.15, 0.2) is 53.5 Å². The van der Waals surface area contributed by atoms with Crippen molar-refractivity contribution in [2.75, 3.05) is 0 Å². The number of rotatable bonds is 6. The SMILES string of the molecule is O=C(CCCc1ccccc1)NCc1nc2ncccc2c(=O)[nH]1. The van der Waals surface area contributed by atoms with Crippen LogP contribution in [0.25, 0.3) is 11.0 Å². The lowest BCUT2D eigenvalue weighted by molar-refractivity contribution is -0.121. The Morgan fingerprint density at radius 2 is 1.96 bits per heavy atom. The molecule has 3 aromatic rings. The minimum Gasteiger partial charge on any atom is -0.349 e. The molecule has 0 fully saturated rings. The Balaban J connectivity index is 1.52. The molecule has 2 heterocycles. The second-order valence-electron chi connectivity index (χ2n) is 5.50. The first-order valence-electron chi connectivity index (χ1n) is 7.87. The van der Waals surface area contributed by atoms with Crippen LogP contribution in [-0.4, -0.2) is 20.9 Å². The molecule has 0 saturated carbocycles. The van der Waals surface area contributed by atoms with Crippen LogP contribution in [0.3, 0.4) is 0 Å². The van der Waals surface area contributed by atoms with Gasteiger partial charge in [0.05, 0.1) is 11.9 Å². The molecule has 1 amide bonds. The zero-order chi connectivity index (χ0) is 16.8. The molecule has 2 N–H and O–H groups in total. The van der Waals surface area contributed by atoms with Crippen molar-refractivity contribution >= 4 is 16.9 Å². The van der Waals surface area contributed by atoms with Gasteiger partial charge >= 0.3 is 0 Å².